The van der Waals surface area contributed by atoms with Gasteiger partial charge in [0.05, 0.1) is 32.0 Å². The number of aromatic nitrogens is 1. The third-order valence-corrected chi connectivity index (χ3v) is 4.43. The summed E-state index contributed by atoms with van der Waals surface area (Å²) >= 11 is 0. The number of morpholine rings is 1. The lowest BCUT2D eigenvalue weighted by molar-refractivity contribution is -0.0201. The molecule has 1 fully saturated rings. The van der Waals surface area contributed by atoms with Gasteiger partial charge in [0, 0.05) is 51.6 Å². The number of aliphatic imine (C=N–C) groups is 1. The van der Waals surface area contributed by atoms with E-state index in [0.717, 1.165) is 25.2 Å². The summed E-state index contributed by atoms with van der Waals surface area (Å²) in [6.45, 7) is 10.0. The van der Waals surface area contributed by atoms with Gasteiger partial charge in [-0.3, -0.25) is 4.90 Å². The Kier molecular flexibility index (Phi) is 10.1. The molecule has 9 heteroatoms. The average Bonchev–Trinajstić information content (AvgIpc) is 2.71. The highest BCUT2D eigenvalue weighted by molar-refractivity contribution is 5.79. The van der Waals surface area contributed by atoms with Crippen LogP contribution in [0.5, 0.6) is 5.88 Å². The van der Waals surface area contributed by atoms with Crippen molar-refractivity contribution in [3.05, 3.63) is 23.9 Å². The second-order valence-corrected chi connectivity index (χ2v) is 7.24. The van der Waals surface area contributed by atoms with Crippen LogP contribution in [0.2, 0.25) is 0 Å². The van der Waals surface area contributed by atoms with Crippen molar-refractivity contribution in [3.8, 4) is 5.88 Å². The maximum absolute atomic E-state index is 10.8. The summed E-state index contributed by atoms with van der Waals surface area (Å²) in [6.07, 6.45) is 1.70. The van der Waals surface area contributed by atoms with E-state index in [0.29, 0.717) is 57.9 Å². The second kappa shape index (κ2) is 12.6. The van der Waals surface area contributed by atoms with Crippen molar-refractivity contribution in [2.45, 2.75) is 26.0 Å². The van der Waals surface area contributed by atoms with Gasteiger partial charge in [-0.2, -0.15) is 0 Å². The van der Waals surface area contributed by atoms with Crippen molar-refractivity contribution in [1.29, 1.82) is 0 Å². The molecule has 1 saturated heterocycles. The number of pyridine rings is 1. The van der Waals surface area contributed by atoms with Crippen LogP contribution < -0.4 is 15.4 Å². The van der Waals surface area contributed by atoms with Crippen molar-refractivity contribution < 1.29 is 19.3 Å². The molecule has 1 aromatic rings. The Labute approximate surface area is 173 Å². The smallest absolute Gasteiger partial charge is 0.218 e. The summed E-state index contributed by atoms with van der Waals surface area (Å²) in [4.78, 5) is 11.1. The average molecular weight is 410 g/mol. The predicted molar refractivity (Wildman–Crippen MR) is 112 cm³/mol. The van der Waals surface area contributed by atoms with Crippen LogP contribution in [0.25, 0.3) is 0 Å². The van der Waals surface area contributed by atoms with Gasteiger partial charge in [-0.25, -0.2) is 9.98 Å². The van der Waals surface area contributed by atoms with E-state index in [2.05, 4.69) is 25.5 Å². The van der Waals surface area contributed by atoms with E-state index < -0.39 is 5.60 Å². The highest BCUT2D eigenvalue weighted by Gasteiger charge is 2.25. The highest BCUT2D eigenvalue weighted by atomic mass is 16.5. The van der Waals surface area contributed by atoms with Crippen LogP contribution in [0.15, 0.2) is 23.3 Å². The van der Waals surface area contributed by atoms with Gasteiger partial charge in [0.1, 0.15) is 6.61 Å². The fraction of sp³-hybridized carbons (Fsp3) is 0.700. The Balaban J connectivity index is 1.92. The number of hydrogen-bond donors (Lipinski definition) is 3. The molecular weight excluding hydrogens is 374 g/mol. The number of hydrogen-bond acceptors (Lipinski definition) is 7. The lowest BCUT2D eigenvalue weighted by Gasteiger charge is -2.34. The van der Waals surface area contributed by atoms with E-state index in [1.807, 2.05) is 26.0 Å². The summed E-state index contributed by atoms with van der Waals surface area (Å²) in [6, 6.07) is 3.80. The van der Waals surface area contributed by atoms with Gasteiger partial charge >= 0.3 is 0 Å². The van der Waals surface area contributed by atoms with Gasteiger partial charge in [-0.05, 0) is 19.9 Å². The molecule has 1 aliphatic rings. The van der Waals surface area contributed by atoms with Gasteiger partial charge in [-0.15, -0.1) is 0 Å². The lowest BCUT2D eigenvalue weighted by Crippen LogP contribution is -2.52. The number of β-amino-alcohol motifs (C(OH)–C–C–N with tert-alkyl or cyclic N) is 1. The molecular formula is C20H35N5O4. The molecule has 2 rings (SSSR count). The number of nitrogens with one attached hydrogen (secondary N) is 2. The third-order valence-electron chi connectivity index (χ3n) is 4.43. The Morgan fingerprint density at radius 3 is 2.86 bits per heavy atom. The topological polar surface area (TPSA) is 100 Å². The molecule has 1 atom stereocenters. The Morgan fingerprint density at radius 2 is 2.14 bits per heavy atom. The van der Waals surface area contributed by atoms with E-state index in [-0.39, 0.29) is 0 Å². The lowest BCUT2D eigenvalue weighted by atomic mass is 10.1. The molecule has 1 aliphatic heterocycles. The van der Waals surface area contributed by atoms with Crippen molar-refractivity contribution in [2.75, 3.05) is 66.3 Å². The first kappa shape index (κ1) is 23.3. The number of nitrogens with zero attached hydrogens (tertiary/aromatic N) is 3. The molecule has 9 nitrogen and oxygen atoms in total. The van der Waals surface area contributed by atoms with Crippen LogP contribution in [-0.2, 0) is 16.0 Å². The monoisotopic (exact) mass is 409 g/mol. The van der Waals surface area contributed by atoms with Crippen LogP contribution >= 0.6 is 0 Å². The number of ether oxygens (including phenoxy) is 3. The van der Waals surface area contributed by atoms with Crippen LogP contribution in [-0.4, -0.2) is 92.8 Å². The first-order chi connectivity index (χ1) is 14.0. The molecule has 0 spiro atoms. The fourth-order valence-corrected chi connectivity index (χ4v) is 2.97. The zero-order valence-corrected chi connectivity index (χ0v) is 17.8. The zero-order valence-electron chi connectivity index (χ0n) is 17.8. The van der Waals surface area contributed by atoms with Gasteiger partial charge in [0.25, 0.3) is 0 Å². The van der Waals surface area contributed by atoms with Crippen molar-refractivity contribution in [1.82, 2.24) is 20.5 Å². The molecule has 0 bridgehead atoms. The van der Waals surface area contributed by atoms with Crippen molar-refractivity contribution in [2.24, 2.45) is 4.99 Å². The molecule has 2 heterocycles. The number of aliphatic hydroxyl groups is 1. The highest BCUT2D eigenvalue weighted by Crippen LogP contribution is 2.15. The van der Waals surface area contributed by atoms with Gasteiger partial charge in [-0.1, -0.05) is 6.07 Å². The van der Waals surface area contributed by atoms with E-state index in [1.54, 1.807) is 13.3 Å². The van der Waals surface area contributed by atoms with E-state index in [4.69, 9.17) is 14.2 Å². The largest absolute Gasteiger partial charge is 0.475 e. The van der Waals surface area contributed by atoms with Crippen LogP contribution in [0.4, 0.5) is 0 Å². The Morgan fingerprint density at radius 1 is 1.34 bits per heavy atom. The minimum absolute atomic E-state index is 0.389. The van der Waals surface area contributed by atoms with Gasteiger partial charge < -0.3 is 30.0 Å². The second-order valence-electron chi connectivity index (χ2n) is 7.24. The summed E-state index contributed by atoms with van der Waals surface area (Å²) in [7, 11) is 1.63. The molecule has 1 unspecified atom stereocenters. The van der Waals surface area contributed by atoms with Crippen LogP contribution in [0.3, 0.4) is 0 Å². The number of guanidine groups is 1. The summed E-state index contributed by atoms with van der Waals surface area (Å²) in [5, 5.41) is 17.2. The first-order valence-electron chi connectivity index (χ1n) is 10.1. The quantitative estimate of drug-likeness (QED) is 0.272. The third kappa shape index (κ3) is 8.95. The summed E-state index contributed by atoms with van der Waals surface area (Å²) in [5.41, 5.74) is 0.0110. The minimum atomic E-state index is -0.879. The van der Waals surface area contributed by atoms with E-state index in [1.165, 1.54) is 0 Å². The maximum atomic E-state index is 10.8. The molecule has 0 saturated carbocycles. The Hall–Kier alpha value is -1.94. The van der Waals surface area contributed by atoms with Gasteiger partial charge in [0.2, 0.25) is 5.88 Å². The van der Waals surface area contributed by atoms with Crippen molar-refractivity contribution in [3.63, 3.8) is 0 Å². The molecule has 0 amide bonds. The minimum Gasteiger partial charge on any atom is -0.475 e. The molecule has 0 aliphatic carbocycles. The van der Waals surface area contributed by atoms with E-state index in [9.17, 15) is 5.11 Å². The molecule has 29 heavy (non-hydrogen) atoms. The first-order valence-corrected chi connectivity index (χ1v) is 10.1. The standard InChI is InChI=1S/C20H35N5O4/c1-4-21-19(24-15-20(2,26)16-25-8-10-28-11-9-25)23-14-17-6-5-7-22-18(17)29-13-12-27-3/h5-7,26H,4,8-16H2,1-3H3,(H2,21,23,24). The normalized spacial score (nSPS) is 17.6. The predicted octanol–water partition coefficient (Wildman–Crippen LogP) is 0.245. The molecule has 164 valence electrons. The molecule has 3 N–H and O–H groups in total. The van der Waals surface area contributed by atoms with Crippen LogP contribution in [0.1, 0.15) is 19.4 Å². The molecule has 1 aromatic heterocycles. The maximum Gasteiger partial charge on any atom is 0.218 e. The SMILES string of the molecule is CCNC(=NCc1cccnc1OCCOC)NCC(C)(O)CN1CCOCC1. The van der Waals surface area contributed by atoms with Crippen molar-refractivity contribution >= 4 is 5.96 Å². The Bertz CT molecular complexity index is 621. The molecule has 0 radical (unpaired) electrons. The summed E-state index contributed by atoms with van der Waals surface area (Å²) < 4.78 is 16.1. The van der Waals surface area contributed by atoms with Gasteiger partial charge in [0.15, 0.2) is 5.96 Å². The van der Waals surface area contributed by atoms with Crippen LogP contribution in [0, 0.1) is 0 Å². The molecule has 0 aromatic carbocycles. The zero-order chi connectivity index (χ0) is 21.0. The number of methoxy groups -OCH3 is 1. The number of rotatable bonds is 11. The fourth-order valence-electron chi connectivity index (χ4n) is 2.97. The summed E-state index contributed by atoms with van der Waals surface area (Å²) in [5.74, 6) is 1.20. The van der Waals surface area contributed by atoms with E-state index >= 15 is 0 Å².